The zero-order valence-electron chi connectivity index (χ0n) is 16.3. The van der Waals surface area contributed by atoms with Gasteiger partial charge in [0, 0.05) is 17.9 Å². The number of methoxy groups -OCH3 is 1. The molecule has 0 bridgehead atoms. The van der Waals surface area contributed by atoms with E-state index in [2.05, 4.69) is 15.8 Å². The standard InChI is InChI=1S/C22H20N4O4/c1-29-20-13-15(14-23)8-11-19(20)30-12-4-7-21(27)25-26-22(28)18-10-9-16-5-2-3-6-17(16)24-18/h2-3,5-6,8-11,13H,4,7,12H2,1H3,(H,25,27)(H,26,28). The fourth-order valence-electron chi connectivity index (χ4n) is 2.72. The molecule has 2 aromatic carbocycles. The summed E-state index contributed by atoms with van der Waals surface area (Å²) >= 11 is 0. The summed E-state index contributed by atoms with van der Waals surface area (Å²) in [6.07, 6.45) is 0.586. The molecule has 0 radical (unpaired) electrons. The van der Waals surface area contributed by atoms with E-state index < -0.39 is 5.91 Å². The number of fused-ring (bicyclic) bond motifs is 1. The number of amides is 2. The second-order valence-corrected chi connectivity index (χ2v) is 6.32. The predicted molar refractivity (Wildman–Crippen MR) is 110 cm³/mol. The third-order valence-corrected chi connectivity index (χ3v) is 4.24. The minimum atomic E-state index is -0.493. The van der Waals surface area contributed by atoms with Crippen molar-refractivity contribution in [1.29, 1.82) is 5.26 Å². The summed E-state index contributed by atoms with van der Waals surface area (Å²) in [4.78, 5) is 28.4. The number of nitrogens with one attached hydrogen (secondary N) is 2. The average Bonchev–Trinajstić information content (AvgIpc) is 2.79. The van der Waals surface area contributed by atoms with E-state index >= 15 is 0 Å². The van der Waals surface area contributed by atoms with Crippen LogP contribution in [0.3, 0.4) is 0 Å². The predicted octanol–water partition coefficient (Wildman–Crippen LogP) is 2.74. The summed E-state index contributed by atoms with van der Waals surface area (Å²) in [5.74, 6) is 0.105. The Hall–Kier alpha value is -4.12. The summed E-state index contributed by atoms with van der Waals surface area (Å²) in [5, 5.41) is 9.84. The van der Waals surface area contributed by atoms with Gasteiger partial charge < -0.3 is 9.47 Å². The summed E-state index contributed by atoms with van der Waals surface area (Å²) in [6, 6.07) is 17.7. The molecular formula is C22H20N4O4. The van der Waals surface area contributed by atoms with Crippen LogP contribution in [0.5, 0.6) is 11.5 Å². The second kappa shape index (κ2) is 9.89. The number of carbonyl (C=O) groups excluding carboxylic acids is 2. The van der Waals surface area contributed by atoms with Gasteiger partial charge in [0.1, 0.15) is 5.69 Å². The molecule has 0 spiro atoms. The van der Waals surface area contributed by atoms with Crippen molar-refractivity contribution in [1.82, 2.24) is 15.8 Å². The van der Waals surface area contributed by atoms with E-state index in [4.69, 9.17) is 14.7 Å². The zero-order valence-corrected chi connectivity index (χ0v) is 16.3. The van der Waals surface area contributed by atoms with Gasteiger partial charge >= 0.3 is 0 Å². The monoisotopic (exact) mass is 404 g/mol. The van der Waals surface area contributed by atoms with Gasteiger partial charge in [-0.1, -0.05) is 24.3 Å². The quantitative estimate of drug-likeness (QED) is 0.462. The van der Waals surface area contributed by atoms with E-state index in [1.807, 2.05) is 30.3 Å². The first-order chi connectivity index (χ1) is 14.6. The van der Waals surface area contributed by atoms with Crippen LogP contribution in [0.25, 0.3) is 10.9 Å². The molecule has 3 rings (SSSR count). The number of hydrogen-bond donors (Lipinski definition) is 2. The lowest BCUT2D eigenvalue weighted by Gasteiger charge is -2.11. The Morgan fingerprint density at radius 3 is 2.70 bits per heavy atom. The summed E-state index contributed by atoms with van der Waals surface area (Å²) in [5.41, 5.74) is 6.11. The normalized spacial score (nSPS) is 10.1. The lowest BCUT2D eigenvalue weighted by Crippen LogP contribution is -2.41. The Morgan fingerprint density at radius 1 is 1.07 bits per heavy atom. The first kappa shape index (κ1) is 20.6. The highest BCUT2D eigenvalue weighted by atomic mass is 16.5. The maximum atomic E-state index is 12.2. The van der Waals surface area contributed by atoms with Crippen LogP contribution in [0.15, 0.2) is 54.6 Å². The maximum absolute atomic E-state index is 12.2. The van der Waals surface area contributed by atoms with E-state index in [-0.39, 0.29) is 24.6 Å². The van der Waals surface area contributed by atoms with Gasteiger partial charge in [-0.25, -0.2) is 4.98 Å². The van der Waals surface area contributed by atoms with Crippen molar-refractivity contribution in [2.24, 2.45) is 0 Å². The largest absolute Gasteiger partial charge is 0.493 e. The van der Waals surface area contributed by atoms with Crippen molar-refractivity contribution in [2.75, 3.05) is 13.7 Å². The first-order valence-electron chi connectivity index (χ1n) is 9.26. The van der Waals surface area contributed by atoms with E-state index in [0.717, 1.165) is 5.39 Å². The zero-order chi connectivity index (χ0) is 21.3. The smallest absolute Gasteiger partial charge is 0.288 e. The number of ether oxygens (including phenoxy) is 2. The molecule has 2 N–H and O–H groups in total. The van der Waals surface area contributed by atoms with Crippen molar-refractivity contribution in [3.63, 3.8) is 0 Å². The van der Waals surface area contributed by atoms with Crippen LogP contribution in [0, 0.1) is 11.3 Å². The Labute approximate surface area is 173 Å². The third kappa shape index (κ3) is 5.23. The van der Waals surface area contributed by atoms with Crippen molar-refractivity contribution < 1.29 is 19.1 Å². The SMILES string of the molecule is COc1cc(C#N)ccc1OCCCC(=O)NNC(=O)c1ccc2ccccc2n1. The van der Waals surface area contributed by atoms with E-state index in [0.29, 0.717) is 29.0 Å². The van der Waals surface area contributed by atoms with Crippen LogP contribution in [0.1, 0.15) is 28.9 Å². The van der Waals surface area contributed by atoms with Gasteiger partial charge in [-0.15, -0.1) is 0 Å². The molecule has 0 aliphatic carbocycles. The molecule has 3 aromatic rings. The Balaban J connectivity index is 1.42. The number of aromatic nitrogens is 1. The number of nitrogens with zero attached hydrogens (tertiary/aromatic N) is 2. The van der Waals surface area contributed by atoms with Gasteiger partial charge in [0.2, 0.25) is 5.91 Å². The van der Waals surface area contributed by atoms with E-state index in [9.17, 15) is 9.59 Å². The highest BCUT2D eigenvalue weighted by Gasteiger charge is 2.10. The second-order valence-electron chi connectivity index (χ2n) is 6.32. The first-order valence-corrected chi connectivity index (χ1v) is 9.26. The molecule has 8 nitrogen and oxygen atoms in total. The molecule has 0 aliphatic heterocycles. The lowest BCUT2D eigenvalue weighted by molar-refractivity contribution is -0.122. The minimum Gasteiger partial charge on any atom is -0.493 e. The number of hydrogen-bond acceptors (Lipinski definition) is 6. The van der Waals surface area contributed by atoms with E-state index in [1.54, 1.807) is 30.3 Å². The summed E-state index contributed by atoms with van der Waals surface area (Å²) in [7, 11) is 1.49. The van der Waals surface area contributed by atoms with Gasteiger partial charge in [0.25, 0.3) is 5.91 Å². The highest BCUT2D eigenvalue weighted by molar-refractivity contribution is 5.95. The van der Waals surface area contributed by atoms with Crippen molar-refractivity contribution in [3.8, 4) is 17.6 Å². The number of pyridine rings is 1. The van der Waals surface area contributed by atoms with Crippen LogP contribution in [0.2, 0.25) is 0 Å². The number of rotatable bonds is 7. The van der Waals surface area contributed by atoms with Crippen molar-refractivity contribution in [2.45, 2.75) is 12.8 Å². The lowest BCUT2D eigenvalue weighted by atomic mass is 10.2. The van der Waals surface area contributed by atoms with Crippen molar-refractivity contribution in [3.05, 3.63) is 65.9 Å². The minimum absolute atomic E-state index is 0.157. The number of para-hydroxylation sites is 1. The molecule has 152 valence electrons. The Kier molecular flexibility index (Phi) is 6.79. The maximum Gasteiger partial charge on any atom is 0.288 e. The number of hydrazine groups is 1. The topological polar surface area (TPSA) is 113 Å². The molecular weight excluding hydrogens is 384 g/mol. The van der Waals surface area contributed by atoms with Gasteiger partial charge in [-0.2, -0.15) is 5.26 Å². The molecule has 0 saturated heterocycles. The fraction of sp³-hybridized carbons (Fsp3) is 0.182. The molecule has 0 atom stereocenters. The van der Waals surface area contributed by atoms with Gasteiger partial charge in [0.15, 0.2) is 11.5 Å². The summed E-state index contributed by atoms with van der Waals surface area (Å²) < 4.78 is 10.8. The molecule has 0 unspecified atom stereocenters. The van der Waals surface area contributed by atoms with Crippen LogP contribution < -0.4 is 20.3 Å². The third-order valence-electron chi connectivity index (χ3n) is 4.24. The van der Waals surface area contributed by atoms with Gasteiger partial charge in [0.05, 0.1) is 30.9 Å². The van der Waals surface area contributed by atoms with Crippen LogP contribution in [-0.4, -0.2) is 30.5 Å². The number of carbonyl (C=O) groups is 2. The molecule has 30 heavy (non-hydrogen) atoms. The highest BCUT2D eigenvalue weighted by Crippen LogP contribution is 2.27. The van der Waals surface area contributed by atoms with Gasteiger partial charge in [-0.3, -0.25) is 20.4 Å². The Bertz CT molecular complexity index is 1110. The molecule has 0 saturated carbocycles. The molecule has 0 fully saturated rings. The molecule has 2 amide bonds. The molecule has 1 heterocycles. The van der Waals surface area contributed by atoms with Crippen LogP contribution in [-0.2, 0) is 4.79 Å². The Morgan fingerprint density at radius 2 is 1.90 bits per heavy atom. The molecule has 8 heteroatoms. The van der Waals surface area contributed by atoms with Crippen LogP contribution >= 0.6 is 0 Å². The van der Waals surface area contributed by atoms with Crippen molar-refractivity contribution >= 4 is 22.7 Å². The average molecular weight is 404 g/mol. The molecule has 0 aliphatic rings. The fourth-order valence-corrected chi connectivity index (χ4v) is 2.72. The van der Waals surface area contributed by atoms with Crippen LogP contribution in [0.4, 0.5) is 0 Å². The van der Waals surface area contributed by atoms with Gasteiger partial charge in [-0.05, 0) is 30.7 Å². The summed E-state index contributed by atoms with van der Waals surface area (Å²) in [6.45, 7) is 0.274. The number of nitriles is 1. The van der Waals surface area contributed by atoms with E-state index in [1.165, 1.54) is 7.11 Å². The number of benzene rings is 2. The molecule has 1 aromatic heterocycles.